The number of halogens is 1. The van der Waals surface area contributed by atoms with E-state index in [0.29, 0.717) is 5.82 Å². The third kappa shape index (κ3) is 2.20. The van der Waals surface area contributed by atoms with E-state index in [1.165, 1.54) is 4.52 Å². The van der Waals surface area contributed by atoms with Crippen LogP contribution < -0.4 is 5.56 Å². The summed E-state index contributed by atoms with van der Waals surface area (Å²) in [5, 5.41) is 17.1. The zero-order chi connectivity index (χ0) is 15.3. The molecule has 21 heavy (non-hydrogen) atoms. The van der Waals surface area contributed by atoms with Gasteiger partial charge in [0.05, 0.1) is 0 Å². The van der Waals surface area contributed by atoms with Crippen molar-refractivity contribution < 1.29 is 14.3 Å². The molecule has 2 aromatic heterocycles. The van der Waals surface area contributed by atoms with E-state index >= 15 is 0 Å². The third-order valence-corrected chi connectivity index (χ3v) is 3.49. The Morgan fingerprint density at radius 2 is 2.10 bits per heavy atom. The average molecular weight is 294 g/mol. The standard InChI is InChI=1S/C13H15FN4O3/c1-6(2)12-16-17(5-8(19)20)13(21)11-9(14)10(7-3-4-7)15-18(11)12/h6-7H,3-5H2,1-2H3,(H,19,20). The average Bonchev–Trinajstić information content (AvgIpc) is 3.16. The quantitative estimate of drug-likeness (QED) is 0.912. The largest absolute Gasteiger partial charge is 0.480 e. The van der Waals surface area contributed by atoms with Crippen molar-refractivity contribution in [2.24, 2.45) is 0 Å². The SMILES string of the molecule is CC(C)c1nn(CC(=O)O)c(=O)c2c(F)c(C3CC3)nn12. The maximum Gasteiger partial charge on any atom is 0.325 e. The van der Waals surface area contributed by atoms with Crippen molar-refractivity contribution in [3.8, 4) is 0 Å². The molecule has 0 atom stereocenters. The normalized spacial score (nSPS) is 15.0. The van der Waals surface area contributed by atoms with Gasteiger partial charge in [0.2, 0.25) is 0 Å². The molecule has 0 saturated heterocycles. The minimum absolute atomic E-state index is 0.0530. The minimum atomic E-state index is -1.20. The molecular formula is C13H15FN4O3. The molecule has 0 aliphatic heterocycles. The fourth-order valence-corrected chi connectivity index (χ4v) is 2.31. The van der Waals surface area contributed by atoms with Crippen molar-refractivity contribution in [1.82, 2.24) is 19.4 Å². The van der Waals surface area contributed by atoms with Crippen molar-refractivity contribution >= 4 is 11.5 Å². The molecule has 1 fully saturated rings. The maximum atomic E-state index is 14.5. The van der Waals surface area contributed by atoms with Gasteiger partial charge in [0.15, 0.2) is 17.2 Å². The fourth-order valence-electron chi connectivity index (χ4n) is 2.31. The topological polar surface area (TPSA) is 89.5 Å². The van der Waals surface area contributed by atoms with E-state index < -0.39 is 23.9 Å². The second-order valence-corrected chi connectivity index (χ2v) is 5.60. The Kier molecular flexibility index (Phi) is 3.03. The van der Waals surface area contributed by atoms with Gasteiger partial charge in [0.1, 0.15) is 12.2 Å². The molecule has 8 heteroatoms. The fraction of sp³-hybridized carbons (Fsp3) is 0.538. The summed E-state index contributed by atoms with van der Waals surface area (Å²) in [6.07, 6.45) is 1.71. The second kappa shape index (κ2) is 4.64. The number of carbonyl (C=O) groups is 1. The number of fused-ring (bicyclic) bond motifs is 1. The molecule has 1 aliphatic rings. The summed E-state index contributed by atoms with van der Waals surface area (Å²) in [6.45, 7) is 3.06. The van der Waals surface area contributed by atoms with Gasteiger partial charge < -0.3 is 5.11 Å². The van der Waals surface area contributed by atoms with Crippen LogP contribution in [0.5, 0.6) is 0 Å². The molecule has 0 bridgehead atoms. The van der Waals surface area contributed by atoms with Crippen LogP contribution in [0.3, 0.4) is 0 Å². The predicted octanol–water partition coefficient (Wildman–Crippen LogP) is 1.12. The predicted molar refractivity (Wildman–Crippen MR) is 70.9 cm³/mol. The summed E-state index contributed by atoms with van der Waals surface area (Å²) < 4.78 is 16.5. The lowest BCUT2D eigenvalue weighted by atomic mass is 10.2. The number of rotatable bonds is 4. The third-order valence-electron chi connectivity index (χ3n) is 3.49. The zero-order valence-corrected chi connectivity index (χ0v) is 11.7. The van der Waals surface area contributed by atoms with Gasteiger partial charge in [0.25, 0.3) is 5.56 Å². The Labute approximate surface area is 119 Å². The summed E-state index contributed by atoms with van der Waals surface area (Å²) in [7, 11) is 0. The van der Waals surface area contributed by atoms with Crippen LogP contribution in [0.2, 0.25) is 0 Å². The van der Waals surface area contributed by atoms with E-state index in [1.807, 2.05) is 13.8 Å². The number of aromatic nitrogens is 4. The highest BCUT2D eigenvalue weighted by Gasteiger charge is 2.33. The lowest BCUT2D eigenvalue weighted by Gasteiger charge is -2.10. The monoisotopic (exact) mass is 294 g/mol. The van der Waals surface area contributed by atoms with Gasteiger partial charge in [-0.25, -0.2) is 13.6 Å². The Balaban J connectivity index is 2.32. The number of carboxylic acids is 1. The van der Waals surface area contributed by atoms with Crippen LogP contribution in [-0.4, -0.2) is 30.5 Å². The molecule has 0 amide bonds. The first-order valence-corrected chi connectivity index (χ1v) is 6.81. The Hall–Kier alpha value is -2.25. The van der Waals surface area contributed by atoms with Gasteiger partial charge in [0, 0.05) is 11.8 Å². The van der Waals surface area contributed by atoms with Crippen LogP contribution in [0, 0.1) is 5.82 Å². The summed E-state index contributed by atoms with van der Waals surface area (Å²) in [6, 6.07) is 0. The van der Waals surface area contributed by atoms with Crippen molar-refractivity contribution in [3.05, 3.63) is 27.7 Å². The molecule has 0 radical (unpaired) electrons. The van der Waals surface area contributed by atoms with Gasteiger partial charge in [-0.3, -0.25) is 9.59 Å². The van der Waals surface area contributed by atoms with Crippen molar-refractivity contribution in [3.63, 3.8) is 0 Å². The molecule has 3 rings (SSSR count). The Morgan fingerprint density at radius 1 is 1.43 bits per heavy atom. The van der Waals surface area contributed by atoms with Gasteiger partial charge in [-0.1, -0.05) is 13.8 Å². The van der Waals surface area contributed by atoms with Gasteiger partial charge >= 0.3 is 5.97 Å². The molecule has 0 unspecified atom stereocenters. The summed E-state index contributed by atoms with van der Waals surface area (Å²) in [4.78, 5) is 23.1. The number of aliphatic carboxylic acids is 1. The van der Waals surface area contributed by atoms with E-state index in [0.717, 1.165) is 17.5 Å². The lowest BCUT2D eigenvalue weighted by Crippen LogP contribution is -2.31. The zero-order valence-electron chi connectivity index (χ0n) is 11.7. The van der Waals surface area contributed by atoms with Gasteiger partial charge in [-0.05, 0) is 12.8 Å². The minimum Gasteiger partial charge on any atom is -0.480 e. The second-order valence-electron chi connectivity index (χ2n) is 5.60. The van der Waals surface area contributed by atoms with Crippen LogP contribution in [-0.2, 0) is 11.3 Å². The number of hydrogen-bond donors (Lipinski definition) is 1. The summed E-state index contributed by atoms with van der Waals surface area (Å²) in [5.74, 6) is -1.55. The molecule has 1 N–H and O–H groups in total. The van der Waals surface area contributed by atoms with Crippen molar-refractivity contribution in [1.29, 1.82) is 0 Å². The van der Waals surface area contributed by atoms with Gasteiger partial charge in [-0.15, -0.1) is 0 Å². The molecular weight excluding hydrogens is 279 g/mol. The molecule has 0 spiro atoms. The van der Waals surface area contributed by atoms with E-state index in [1.54, 1.807) is 0 Å². The number of carboxylic acid groups (broad SMARTS) is 1. The Morgan fingerprint density at radius 3 is 2.62 bits per heavy atom. The molecule has 1 saturated carbocycles. The maximum absolute atomic E-state index is 14.5. The van der Waals surface area contributed by atoms with Crippen molar-refractivity contribution in [2.45, 2.75) is 45.1 Å². The molecule has 0 aromatic carbocycles. The smallest absolute Gasteiger partial charge is 0.325 e. The van der Waals surface area contributed by atoms with Crippen LogP contribution >= 0.6 is 0 Å². The molecule has 2 aromatic rings. The highest BCUT2D eigenvalue weighted by atomic mass is 19.1. The van der Waals surface area contributed by atoms with Crippen LogP contribution in [0.15, 0.2) is 4.79 Å². The summed E-state index contributed by atoms with van der Waals surface area (Å²) in [5.41, 5.74) is -0.695. The molecule has 1 aliphatic carbocycles. The molecule has 112 valence electrons. The first-order valence-electron chi connectivity index (χ1n) is 6.81. The van der Waals surface area contributed by atoms with E-state index in [-0.39, 0.29) is 23.0 Å². The van der Waals surface area contributed by atoms with Crippen LogP contribution in [0.4, 0.5) is 4.39 Å². The highest BCUT2D eigenvalue weighted by Crippen LogP contribution is 2.41. The molecule has 7 nitrogen and oxygen atoms in total. The number of nitrogens with zero attached hydrogens (tertiary/aromatic N) is 4. The summed E-state index contributed by atoms with van der Waals surface area (Å²) >= 11 is 0. The molecule has 2 heterocycles. The van der Waals surface area contributed by atoms with Crippen LogP contribution in [0.1, 0.15) is 50.0 Å². The lowest BCUT2D eigenvalue weighted by molar-refractivity contribution is -0.138. The van der Waals surface area contributed by atoms with Gasteiger partial charge in [-0.2, -0.15) is 10.2 Å². The van der Waals surface area contributed by atoms with Crippen molar-refractivity contribution in [2.75, 3.05) is 0 Å². The van der Waals surface area contributed by atoms with Crippen LogP contribution in [0.25, 0.3) is 5.52 Å². The first kappa shape index (κ1) is 13.7. The first-order chi connectivity index (χ1) is 9.90. The highest BCUT2D eigenvalue weighted by molar-refractivity contribution is 5.66. The van der Waals surface area contributed by atoms with E-state index in [4.69, 9.17) is 5.11 Å². The Bertz CT molecular complexity index is 789. The van der Waals surface area contributed by atoms with E-state index in [2.05, 4.69) is 10.2 Å². The number of hydrogen-bond acceptors (Lipinski definition) is 4. The van der Waals surface area contributed by atoms with E-state index in [9.17, 15) is 14.0 Å².